The first-order valence-corrected chi connectivity index (χ1v) is 25.4. The van der Waals surface area contributed by atoms with Crippen LogP contribution in [-0.2, 0) is 64.0 Å². The number of carbonyl (C=O) groups excluding carboxylic acids is 8. The number of phenols is 1. The number of hydrogen-bond acceptors (Lipinski definition) is 16. The Balaban J connectivity index is 3.45. The van der Waals surface area contributed by atoms with Crippen LogP contribution in [0, 0.1) is 5.92 Å². The number of aliphatic carboxylic acids is 4. The van der Waals surface area contributed by atoms with E-state index in [9.17, 15) is 78.0 Å². The van der Waals surface area contributed by atoms with Crippen LogP contribution >= 0.6 is 0 Å². The van der Waals surface area contributed by atoms with Crippen molar-refractivity contribution in [2.75, 3.05) is 13.1 Å². The van der Waals surface area contributed by atoms with Gasteiger partial charge in [-0.05, 0) is 88.8 Å². The Kier molecular flexibility index (Phi) is 30.7. The summed E-state index contributed by atoms with van der Waals surface area (Å²) in [6.45, 7) is 5.80. The van der Waals surface area contributed by atoms with Crippen LogP contribution in [0.4, 0.5) is 0 Å². The van der Waals surface area contributed by atoms with E-state index < -0.39 is 158 Å². The predicted octanol–water partition coefficient (Wildman–Crippen LogP) is -4.99. The van der Waals surface area contributed by atoms with Crippen molar-refractivity contribution in [3.63, 3.8) is 0 Å². The highest BCUT2D eigenvalue weighted by atomic mass is 16.4. The predicted molar refractivity (Wildman–Crippen MR) is 284 cm³/mol. The molecule has 446 valence electrons. The molecule has 32 heteroatoms. The van der Waals surface area contributed by atoms with E-state index in [0.717, 1.165) is 0 Å². The van der Waals surface area contributed by atoms with Gasteiger partial charge >= 0.3 is 23.9 Å². The number of benzene rings is 1. The Morgan fingerprint density at radius 3 is 1.16 bits per heavy atom. The number of phenolic OH excluding ortho intramolecular Hbond substituents is 1. The molecule has 9 atom stereocenters. The first kappa shape index (κ1) is 69.2. The number of amides is 8. The normalized spacial score (nSPS) is 14.2. The molecule has 0 radical (unpaired) electrons. The molecule has 0 aliphatic carbocycles. The zero-order chi connectivity index (χ0) is 60.8. The van der Waals surface area contributed by atoms with Crippen LogP contribution in [0.15, 0.2) is 34.3 Å². The minimum Gasteiger partial charge on any atom is -0.508 e. The molecule has 0 saturated heterocycles. The van der Waals surface area contributed by atoms with Crippen LogP contribution in [0.5, 0.6) is 5.75 Å². The quantitative estimate of drug-likeness (QED) is 0.0167. The average Bonchev–Trinajstić information content (AvgIpc) is 3.36. The topological polar surface area (TPSA) is 557 Å². The molecule has 0 aliphatic heterocycles. The van der Waals surface area contributed by atoms with Gasteiger partial charge in [0, 0.05) is 38.8 Å². The highest BCUT2D eigenvalue weighted by Gasteiger charge is 2.34. The lowest BCUT2D eigenvalue weighted by Gasteiger charge is -2.27. The second-order valence-corrected chi connectivity index (χ2v) is 19.0. The van der Waals surface area contributed by atoms with Gasteiger partial charge in [0.2, 0.25) is 47.3 Å². The van der Waals surface area contributed by atoms with Gasteiger partial charge in [-0.3, -0.25) is 62.7 Å². The molecule has 8 amide bonds. The van der Waals surface area contributed by atoms with E-state index in [-0.39, 0.29) is 81.6 Å². The molecule has 1 aromatic carbocycles. The van der Waals surface area contributed by atoms with Gasteiger partial charge in [-0.2, -0.15) is 0 Å². The van der Waals surface area contributed by atoms with E-state index >= 15 is 0 Å². The summed E-state index contributed by atoms with van der Waals surface area (Å²) in [7, 11) is 0. The van der Waals surface area contributed by atoms with Gasteiger partial charge in [0.15, 0.2) is 11.9 Å². The zero-order valence-electron chi connectivity index (χ0n) is 44.9. The first-order valence-electron chi connectivity index (χ1n) is 25.4. The smallest absolute Gasteiger partial charge is 0.326 e. The molecule has 23 N–H and O–H groups in total. The number of nitrogens with one attached hydrogen (secondary N) is 8. The maximum Gasteiger partial charge on any atom is 0.326 e. The van der Waals surface area contributed by atoms with E-state index in [1.54, 1.807) is 13.8 Å². The zero-order valence-corrected chi connectivity index (χ0v) is 44.9. The summed E-state index contributed by atoms with van der Waals surface area (Å²) >= 11 is 0. The monoisotopic (exact) mass is 1140 g/mol. The van der Waals surface area contributed by atoms with Gasteiger partial charge in [-0.15, -0.1) is 0 Å². The Morgan fingerprint density at radius 1 is 0.450 bits per heavy atom. The van der Waals surface area contributed by atoms with Crippen LogP contribution in [-0.4, -0.2) is 176 Å². The lowest BCUT2D eigenvalue weighted by atomic mass is 10.0. The van der Waals surface area contributed by atoms with Crippen molar-refractivity contribution in [2.45, 2.75) is 159 Å². The highest BCUT2D eigenvalue weighted by molar-refractivity contribution is 5.98. The molecule has 0 heterocycles. The lowest BCUT2D eigenvalue weighted by Crippen LogP contribution is -2.60. The third kappa shape index (κ3) is 28.5. The second-order valence-electron chi connectivity index (χ2n) is 19.0. The molecule has 0 saturated carbocycles. The van der Waals surface area contributed by atoms with Crippen LogP contribution in [0.25, 0.3) is 0 Å². The van der Waals surface area contributed by atoms with Crippen LogP contribution < -0.4 is 71.2 Å². The molecule has 0 fully saturated rings. The first-order chi connectivity index (χ1) is 37.4. The number of hydrogen-bond donors (Lipinski definition) is 18. The van der Waals surface area contributed by atoms with Crippen molar-refractivity contribution >= 4 is 83.1 Å². The molecule has 0 aromatic heterocycles. The summed E-state index contributed by atoms with van der Waals surface area (Å²) in [6, 6.07) is -8.10. The van der Waals surface area contributed by atoms with Crippen LogP contribution in [0.1, 0.15) is 104 Å². The largest absolute Gasteiger partial charge is 0.508 e. The maximum atomic E-state index is 14.1. The summed E-state index contributed by atoms with van der Waals surface area (Å²) in [5.74, 6) is -14.4. The number of guanidine groups is 2. The molecule has 32 nitrogen and oxygen atoms in total. The van der Waals surface area contributed by atoms with E-state index in [0.29, 0.717) is 5.56 Å². The third-order valence-electron chi connectivity index (χ3n) is 11.6. The number of aliphatic imine (C=N–C) groups is 2. The summed E-state index contributed by atoms with van der Waals surface area (Å²) in [6.07, 6.45) is -3.83. The molecule has 1 rings (SSSR count). The minimum atomic E-state index is -1.79. The summed E-state index contributed by atoms with van der Waals surface area (Å²) in [5.41, 5.74) is 28.0. The van der Waals surface area contributed by atoms with Crippen molar-refractivity contribution in [1.29, 1.82) is 0 Å². The fourth-order valence-corrected chi connectivity index (χ4v) is 7.25. The average molecular weight is 1140 g/mol. The number of nitrogens with zero attached hydrogens (tertiary/aromatic N) is 2. The van der Waals surface area contributed by atoms with Crippen LogP contribution in [0.2, 0.25) is 0 Å². The molecule has 1 aromatic rings. The third-order valence-corrected chi connectivity index (χ3v) is 11.6. The van der Waals surface area contributed by atoms with Gasteiger partial charge in [0.25, 0.3) is 0 Å². The Morgan fingerprint density at radius 2 is 0.787 bits per heavy atom. The molecule has 80 heavy (non-hydrogen) atoms. The van der Waals surface area contributed by atoms with Gasteiger partial charge in [-0.1, -0.05) is 26.0 Å². The van der Waals surface area contributed by atoms with Gasteiger partial charge in [-0.25, -0.2) is 4.79 Å². The Hall–Kier alpha value is -8.84. The van der Waals surface area contributed by atoms with Crippen molar-refractivity contribution in [2.24, 2.45) is 44.6 Å². The standard InChI is InChI=1S/C48H77N15O17/c1-23(2)21-33(62-40(73)28(49)13-16-35(65)66)45(78)59-29(7-5-19-54-47(50)51)41(74)56-24(3)38(71)58-30(8-6-20-55-48(52)53)43(76)61-32(15-18-37(69)70)44(77)60-31(14-17-36(67)68)42(75)57-25(4)39(72)63-34(46(79)80)22-26-9-11-27(64)12-10-26/h9-12,23-25,28-34,64H,5-8,13-22,49H2,1-4H3,(H,56,74)(H,57,75)(H,58,71)(H,59,78)(H,60,77)(H,61,76)(H,62,73)(H,63,72)(H,65,66)(H,67,68)(H,69,70)(H,79,80)(H4,50,51,54)(H4,52,53,55)/t24-,25-,28-,29-,30-,31-,32-,33-,34-/m0/s1. The molecular weight excluding hydrogens is 1060 g/mol. The highest BCUT2D eigenvalue weighted by Crippen LogP contribution is 2.13. The number of carboxylic acid groups (broad SMARTS) is 4. The van der Waals surface area contributed by atoms with Crippen molar-refractivity contribution in [3.8, 4) is 5.75 Å². The van der Waals surface area contributed by atoms with Gasteiger partial charge in [0.05, 0.1) is 6.04 Å². The molecule has 0 unspecified atom stereocenters. The van der Waals surface area contributed by atoms with E-state index in [1.165, 1.54) is 38.1 Å². The van der Waals surface area contributed by atoms with Crippen molar-refractivity contribution < 1.29 is 83.1 Å². The number of carbonyl (C=O) groups is 12. The number of aromatic hydroxyl groups is 1. The summed E-state index contributed by atoms with van der Waals surface area (Å²) in [5, 5.41) is 66.4. The van der Waals surface area contributed by atoms with Gasteiger partial charge in [0.1, 0.15) is 54.1 Å². The van der Waals surface area contributed by atoms with E-state index in [1.807, 2.05) is 0 Å². The van der Waals surface area contributed by atoms with Crippen molar-refractivity contribution in [1.82, 2.24) is 42.5 Å². The fourth-order valence-electron chi connectivity index (χ4n) is 7.25. The Labute approximate surface area is 460 Å². The summed E-state index contributed by atoms with van der Waals surface area (Å²) < 4.78 is 0. The number of carboxylic acids is 4. The second kappa shape index (κ2) is 35.5. The van der Waals surface area contributed by atoms with E-state index in [4.69, 9.17) is 33.8 Å². The number of rotatable bonds is 38. The minimum absolute atomic E-state index is 0.0000286. The van der Waals surface area contributed by atoms with E-state index in [2.05, 4.69) is 52.5 Å². The molecule has 0 bridgehead atoms. The molecule has 0 aliphatic rings. The number of nitrogens with two attached hydrogens (primary N) is 5. The lowest BCUT2D eigenvalue weighted by molar-refractivity contribution is -0.142. The van der Waals surface area contributed by atoms with Gasteiger partial charge < -0.3 is 96.7 Å². The Bertz CT molecular complexity index is 2380. The fraction of sp³-hybridized carbons (Fsp3) is 0.583. The molecule has 0 spiro atoms. The summed E-state index contributed by atoms with van der Waals surface area (Å²) in [4.78, 5) is 163. The maximum absolute atomic E-state index is 14.1. The van der Waals surface area contributed by atoms with Crippen molar-refractivity contribution in [3.05, 3.63) is 29.8 Å². The van der Waals surface area contributed by atoms with Crippen LogP contribution in [0.3, 0.4) is 0 Å². The molecular formula is C48H77N15O17. The SMILES string of the molecule is CC(C)C[C@H](NC(=O)[C@@H](N)CCC(=O)O)C(=O)N[C@@H](CCCN=C(N)N)C(=O)N[C@@H](C)C(=O)N[C@@H](CCCN=C(N)N)C(=O)N[C@@H](CCC(=O)O)C(=O)N[C@@H](CCC(=O)O)C(=O)N[C@@H](C)C(=O)N[C@@H](Cc1ccc(O)cc1)C(=O)O.